The number of aliphatic hydroxyl groups excluding tert-OH is 3. The van der Waals surface area contributed by atoms with Crippen molar-refractivity contribution >= 4 is 13.8 Å². The Kier molecular flexibility index (Phi) is 37.8. The quantitative estimate of drug-likeness (QED) is 0.0136. The first-order chi connectivity index (χ1) is 28.8. The standard InChI is InChI=1S/C48H84NO10P/c1-6-8-10-11-12-13-14-15-16-17-18-19-20-23-26-33-40-56-42-45(43-58-60(54,55)57-41-39-49(3,4)5)59-48(53)38-32-27-30-35-44(50)34-29-24-21-22-25-31-37-47(52)46(51)36-28-9-7-2/h9,15-16,21-22,24-25,27-31,34,37,44-47,50-52H,6-8,10-14,17-20,23,26,32-33,35-36,38-43H2,1-5H3/b16-15-,24-21+,25-22-,28-9-,30-27+,34-29+,37-31+. The van der Waals surface area contributed by atoms with Crippen molar-refractivity contribution in [2.75, 3.05) is 54.1 Å². The van der Waals surface area contributed by atoms with Gasteiger partial charge < -0.3 is 43.2 Å². The van der Waals surface area contributed by atoms with E-state index in [1.807, 2.05) is 40.2 Å². The molecule has 5 unspecified atom stereocenters. The van der Waals surface area contributed by atoms with Crippen LogP contribution in [-0.2, 0) is 27.9 Å². The number of carbonyl (C=O) groups is 1. The normalized spacial score (nSPS) is 16.1. The van der Waals surface area contributed by atoms with Crippen LogP contribution >= 0.6 is 7.82 Å². The lowest BCUT2D eigenvalue weighted by Gasteiger charge is -2.28. The van der Waals surface area contributed by atoms with Crippen molar-refractivity contribution in [3.63, 3.8) is 0 Å². The second-order valence-corrected chi connectivity index (χ2v) is 17.7. The van der Waals surface area contributed by atoms with Crippen molar-refractivity contribution in [2.45, 2.75) is 160 Å². The third kappa shape index (κ3) is 40.9. The minimum Gasteiger partial charge on any atom is -0.756 e. The number of unbranched alkanes of at least 4 members (excludes halogenated alkanes) is 12. The topological polar surface area (TPSA) is 155 Å². The number of carbonyl (C=O) groups excluding carboxylic acids is 1. The minimum absolute atomic E-state index is 0.00938. The van der Waals surface area contributed by atoms with E-state index in [-0.39, 0.29) is 19.6 Å². The highest BCUT2D eigenvalue weighted by Crippen LogP contribution is 2.38. The van der Waals surface area contributed by atoms with Gasteiger partial charge in [0.1, 0.15) is 19.3 Å². The molecule has 12 heteroatoms. The monoisotopic (exact) mass is 866 g/mol. The Balaban J connectivity index is 4.58. The molecule has 3 N–H and O–H groups in total. The minimum atomic E-state index is -4.60. The Bertz CT molecular complexity index is 1290. The van der Waals surface area contributed by atoms with Crippen molar-refractivity contribution in [3.05, 3.63) is 85.1 Å². The predicted molar refractivity (Wildman–Crippen MR) is 244 cm³/mol. The second-order valence-electron chi connectivity index (χ2n) is 16.2. The average molecular weight is 866 g/mol. The van der Waals surface area contributed by atoms with Crippen LogP contribution in [0.5, 0.6) is 0 Å². The summed E-state index contributed by atoms with van der Waals surface area (Å²) in [5.41, 5.74) is 0. The molecule has 0 heterocycles. The molecular weight excluding hydrogens is 781 g/mol. The predicted octanol–water partition coefficient (Wildman–Crippen LogP) is 9.55. The summed E-state index contributed by atoms with van der Waals surface area (Å²) >= 11 is 0. The maximum Gasteiger partial charge on any atom is 0.306 e. The first kappa shape index (κ1) is 57.6. The average Bonchev–Trinajstić information content (AvgIpc) is 3.19. The van der Waals surface area contributed by atoms with Crippen molar-refractivity contribution in [1.29, 1.82) is 0 Å². The van der Waals surface area contributed by atoms with Gasteiger partial charge in [0.25, 0.3) is 7.82 Å². The number of nitrogens with zero attached hydrogens (tertiary/aromatic N) is 1. The molecule has 0 saturated heterocycles. The number of rotatable bonds is 40. The molecule has 60 heavy (non-hydrogen) atoms. The van der Waals surface area contributed by atoms with E-state index in [1.165, 1.54) is 70.3 Å². The van der Waals surface area contributed by atoms with E-state index in [9.17, 15) is 29.6 Å². The van der Waals surface area contributed by atoms with E-state index >= 15 is 0 Å². The SMILES string of the molecule is CC/C=C\CC(O)C(O)/C=C/C=C\C=C\C=C\C(O)C/C=C/CCC(=O)OC(COCCCCCCCC/C=C\CCCCCCCC)COP(=O)([O-])OCC[N+](C)(C)C. The van der Waals surface area contributed by atoms with Crippen LogP contribution in [0.4, 0.5) is 0 Å². The third-order valence-electron chi connectivity index (χ3n) is 9.26. The number of phosphoric ester groups is 1. The molecule has 0 aromatic heterocycles. The Morgan fingerprint density at radius 3 is 1.85 bits per heavy atom. The zero-order valence-corrected chi connectivity index (χ0v) is 38.9. The third-order valence-corrected chi connectivity index (χ3v) is 10.2. The number of ether oxygens (including phenoxy) is 2. The summed E-state index contributed by atoms with van der Waals surface area (Å²) in [5.74, 6) is -0.510. The van der Waals surface area contributed by atoms with Crippen molar-refractivity contribution in [1.82, 2.24) is 0 Å². The van der Waals surface area contributed by atoms with Crippen LogP contribution in [0.25, 0.3) is 0 Å². The molecule has 0 saturated carbocycles. The number of hydrogen-bond donors (Lipinski definition) is 3. The lowest BCUT2D eigenvalue weighted by molar-refractivity contribution is -0.870. The number of quaternary nitrogens is 1. The fourth-order valence-corrected chi connectivity index (χ4v) is 6.32. The number of phosphoric acid groups is 1. The number of aliphatic hydroxyl groups is 3. The van der Waals surface area contributed by atoms with Crippen LogP contribution in [0.1, 0.15) is 136 Å². The first-order valence-corrected chi connectivity index (χ1v) is 24.1. The molecule has 0 spiro atoms. The van der Waals surface area contributed by atoms with Crippen LogP contribution in [0.15, 0.2) is 85.1 Å². The summed E-state index contributed by atoms with van der Waals surface area (Å²) in [7, 11) is 1.18. The van der Waals surface area contributed by atoms with Crippen LogP contribution in [0, 0.1) is 0 Å². The fraction of sp³-hybridized carbons (Fsp3) is 0.688. The summed E-state index contributed by atoms with van der Waals surface area (Å²) in [6.45, 7) is 4.79. The Labute approximate surface area is 364 Å². The molecular formula is C48H84NO10P. The Hall–Kier alpha value is -2.44. The summed E-state index contributed by atoms with van der Waals surface area (Å²) in [6.07, 6.45) is 41.3. The summed E-state index contributed by atoms with van der Waals surface area (Å²) < 4.78 is 34.4. The maximum atomic E-state index is 12.7. The van der Waals surface area contributed by atoms with Gasteiger partial charge in [0.2, 0.25) is 0 Å². The van der Waals surface area contributed by atoms with Gasteiger partial charge in [0.15, 0.2) is 0 Å². The van der Waals surface area contributed by atoms with Crippen LogP contribution in [-0.4, -0.2) is 104 Å². The van der Waals surface area contributed by atoms with Crippen LogP contribution in [0.2, 0.25) is 0 Å². The van der Waals surface area contributed by atoms with E-state index in [4.69, 9.17) is 18.5 Å². The summed E-state index contributed by atoms with van der Waals surface area (Å²) in [4.78, 5) is 25.1. The van der Waals surface area contributed by atoms with Crippen molar-refractivity contribution in [2.24, 2.45) is 0 Å². The molecule has 0 aliphatic heterocycles. The zero-order valence-electron chi connectivity index (χ0n) is 38.0. The number of hydrogen-bond acceptors (Lipinski definition) is 10. The summed E-state index contributed by atoms with van der Waals surface area (Å²) in [6, 6.07) is 0. The van der Waals surface area contributed by atoms with Gasteiger partial charge in [-0.1, -0.05) is 157 Å². The van der Waals surface area contributed by atoms with Crippen molar-refractivity contribution in [3.8, 4) is 0 Å². The van der Waals surface area contributed by atoms with Gasteiger partial charge in [-0.2, -0.15) is 0 Å². The molecule has 0 aromatic rings. The maximum absolute atomic E-state index is 12.7. The van der Waals surface area contributed by atoms with Gasteiger partial charge in [0, 0.05) is 13.0 Å². The zero-order chi connectivity index (χ0) is 44.6. The molecule has 0 radical (unpaired) electrons. The van der Waals surface area contributed by atoms with Crippen LogP contribution in [0.3, 0.4) is 0 Å². The number of allylic oxidation sites excluding steroid dienone is 10. The van der Waals surface area contributed by atoms with Gasteiger partial charge in [0.05, 0.1) is 52.7 Å². The molecule has 11 nitrogen and oxygen atoms in total. The van der Waals surface area contributed by atoms with E-state index < -0.39 is 44.8 Å². The molecule has 0 amide bonds. The molecule has 0 bridgehead atoms. The largest absolute Gasteiger partial charge is 0.756 e. The van der Waals surface area contributed by atoms with E-state index in [1.54, 1.807) is 54.7 Å². The van der Waals surface area contributed by atoms with Crippen LogP contribution < -0.4 is 4.89 Å². The molecule has 0 aliphatic rings. The molecule has 0 fully saturated rings. The van der Waals surface area contributed by atoms with Gasteiger partial charge in [-0.25, -0.2) is 0 Å². The van der Waals surface area contributed by atoms with Gasteiger partial charge >= 0.3 is 5.97 Å². The molecule has 0 aliphatic carbocycles. The molecule has 5 atom stereocenters. The highest BCUT2D eigenvalue weighted by atomic mass is 31.2. The van der Waals surface area contributed by atoms with Gasteiger partial charge in [-0.3, -0.25) is 9.36 Å². The smallest absolute Gasteiger partial charge is 0.306 e. The van der Waals surface area contributed by atoms with E-state index in [0.29, 0.717) is 36.9 Å². The van der Waals surface area contributed by atoms with E-state index in [2.05, 4.69) is 19.1 Å². The second kappa shape index (κ2) is 39.4. The first-order valence-electron chi connectivity index (χ1n) is 22.6. The highest BCUT2D eigenvalue weighted by Gasteiger charge is 2.20. The lowest BCUT2D eigenvalue weighted by atomic mass is 10.1. The highest BCUT2D eigenvalue weighted by molar-refractivity contribution is 7.45. The molecule has 0 rings (SSSR count). The van der Waals surface area contributed by atoms with Gasteiger partial charge in [-0.05, 0) is 57.8 Å². The fourth-order valence-electron chi connectivity index (χ4n) is 5.60. The number of likely N-dealkylation sites (N-methyl/N-ethyl adjacent to an activating group) is 1. The molecule has 0 aromatic carbocycles. The molecule has 346 valence electrons. The van der Waals surface area contributed by atoms with E-state index in [0.717, 1.165) is 32.1 Å². The summed E-state index contributed by atoms with van der Waals surface area (Å²) in [5, 5.41) is 30.1. The number of esters is 1. The lowest BCUT2D eigenvalue weighted by Crippen LogP contribution is -2.37. The van der Waals surface area contributed by atoms with Gasteiger partial charge in [-0.15, -0.1) is 0 Å². The Morgan fingerprint density at radius 2 is 1.22 bits per heavy atom. The Morgan fingerprint density at radius 1 is 0.650 bits per heavy atom. The van der Waals surface area contributed by atoms with Crippen molar-refractivity contribution < 1.29 is 52.6 Å².